The Balaban J connectivity index is 2.07. The van der Waals surface area contributed by atoms with E-state index in [4.69, 9.17) is 0 Å². The Morgan fingerprint density at radius 3 is 2.83 bits per heavy atom. The second kappa shape index (κ2) is 4.09. The predicted molar refractivity (Wildman–Crippen MR) is 66.5 cm³/mol. The van der Waals surface area contributed by atoms with Gasteiger partial charge in [-0.3, -0.25) is 14.3 Å². The van der Waals surface area contributed by atoms with Gasteiger partial charge in [-0.15, -0.1) is 0 Å². The quantitative estimate of drug-likeness (QED) is 0.799. The van der Waals surface area contributed by atoms with Crippen LogP contribution in [0.2, 0.25) is 0 Å². The van der Waals surface area contributed by atoms with Crippen molar-refractivity contribution in [3.8, 4) is 0 Å². The van der Waals surface area contributed by atoms with Crippen molar-refractivity contribution >= 4 is 0 Å². The fourth-order valence-corrected chi connectivity index (χ4v) is 3.88. The van der Waals surface area contributed by atoms with E-state index in [1.54, 1.807) is 17.7 Å². The topological polar surface area (TPSA) is 75.1 Å². The van der Waals surface area contributed by atoms with E-state index < -0.39 is 0 Å². The molecule has 2 bridgehead atoms. The Hall–Kier alpha value is -1.36. The molecule has 0 spiro atoms. The average molecular weight is 250 g/mol. The number of hydrogen-bond acceptors (Lipinski definition) is 3. The highest BCUT2D eigenvalue weighted by Gasteiger charge is 2.48. The van der Waals surface area contributed by atoms with Crippen LogP contribution in [0.15, 0.2) is 15.8 Å². The minimum atomic E-state index is -0.346. The monoisotopic (exact) mass is 250 g/mol. The fourth-order valence-electron chi connectivity index (χ4n) is 3.88. The van der Waals surface area contributed by atoms with Crippen LogP contribution in [0, 0.1) is 24.7 Å². The molecule has 2 fully saturated rings. The van der Waals surface area contributed by atoms with Crippen molar-refractivity contribution in [1.82, 2.24) is 9.55 Å². The number of hydrogen-bond donors (Lipinski definition) is 2. The number of aliphatic hydroxyl groups is 1. The summed E-state index contributed by atoms with van der Waals surface area (Å²) in [6.45, 7) is 1.83. The summed E-state index contributed by atoms with van der Waals surface area (Å²) in [4.78, 5) is 25.7. The number of aryl methyl sites for hydroxylation is 1. The molecule has 0 amide bonds. The van der Waals surface area contributed by atoms with Gasteiger partial charge < -0.3 is 5.11 Å². The highest BCUT2D eigenvalue weighted by Crippen LogP contribution is 2.53. The van der Waals surface area contributed by atoms with E-state index in [2.05, 4.69) is 4.98 Å². The van der Waals surface area contributed by atoms with E-state index in [9.17, 15) is 14.7 Å². The molecule has 5 nitrogen and oxygen atoms in total. The molecule has 18 heavy (non-hydrogen) atoms. The van der Waals surface area contributed by atoms with Gasteiger partial charge in [0.15, 0.2) is 0 Å². The Morgan fingerprint density at radius 2 is 2.11 bits per heavy atom. The first-order valence-electron chi connectivity index (χ1n) is 6.54. The molecule has 2 aliphatic carbocycles. The number of aliphatic hydroxyl groups excluding tert-OH is 1. The van der Waals surface area contributed by atoms with Gasteiger partial charge in [0, 0.05) is 30.3 Å². The van der Waals surface area contributed by atoms with Crippen molar-refractivity contribution in [2.75, 3.05) is 6.61 Å². The number of nitrogens with zero attached hydrogens (tertiary/aromatic N) is 1. The van der Waals surface area contributed by atoms with Gasteiger partial charge in [0.05, 0.1) is 0 Å². The molecular formula is C13H18N2O3. The molecule has 0 aromatic carbocycles. The van der Waals surface area contributed by atoms with Crippen molar-refractivity contribution in [3.05, 3.63) is 32.6 Å². The summed E-state index contributed by atoms with van der Waals surface area (Å²) >= 11 is 0. The zero-order valence-electron chi connectivity index (χ0n) is 10.4. The predicted octanol–water partition coefficient (Wildman–Crippen LogP) is 0.425. The molecule has 4 atom stereocenters. The lowest BCUT2D eigenvalue weighted by atomic mass is 9.85. The normalized spacial score (nSPS) is 34.1. The van der Waals surface area contributed by atoms with Crippen LogP contribution in [-0.2, 0) is 0 Å². The highest BCUT2D eigenvalue weighted by atomic mass is 16.3. The summed E-state index contributed by atoms with van der Waals surface area (Å²) in [6.07, 6.45) is 5.02. The van der Waals surface area contributed by atoms with Crippen LogP contribution in [0.1, 0.15) is 30.9 Å². The molecule has 2 saturated carbocycles. The zero-order chi connectivity index (χ0) is 12.9. The molecule has 1 aromatic heterocycles. The molecule has 2 aliphatic rings. The third-order valence-electron chi connectivity index (χ3n) is 4.72. The summed E-state index contributed by atoms with van der Waals surface area (Å²) < 4.78 is 1.64. The molecule has 5 heteroatoms. The van der Waals surface area contributed by atoms with Crippen LogP contribution in [0.3, 0.4) is 0 Å². The third kappa shape index (κ3) is 1.57. The van der Waals surface area contributed by atoms with E-state index in [0.29, 0.717) is 17.4 Å². The molecule has 0 aliphatic heterocycles. The summed E-state index contributed by atoms with van der Waals surface area (Å²) in [5.41, 5.74) is -0.115. The van der Waals surface area contributed by atoms with E-state index >= 15 is 0 Å². The van der Waals surface area contributed by atoms with E-state index in [1.807, 2.05) is 0 Å². The Labute approximate surface area is 104 Å². The first-order chi connectivity index (χ1) is 8.61. The van der Waals surface area contributed by atoms with Crippen LogP contribution in [0.25, 0.3) is 0 Å². The van der Waals surface area contributed by atoms with Crippen LogP contribution in [0.4, 0.5) is 0 Å². The van der Waals surface area contributed by atoms with Gasteiger partial charge in [0.1, 0.15) is 0 Å². The number of nitrogens with one attached hydrogen (secondary N) is 1. The maximum absolute atomic E-state index is 11.9. The van der Waals surface area contributed by atoms with Gasteiger partial charge in [-0.2, -0.15) is 0 Å². The minimum absolute atomic E-state index is 0.0526. The second-order valence-electron chi connectivity index (χ2n) is 5.65. The number of fused-ring (bicyclic) bond motifs is 2. The van der Waals surface area contributed by atoms with Crippen LogP contribution < -0.4 is 11.2 Å². The van der Waals surface area contributed by atoms with Crippen molar-refractivity contribution in [2.24, 2.45) is 17.8 Å². The van der Waals surface area contributed by atoms with Gasteiger partial charge in [-0.25, -0.2) is 4.79 Å². The Kier molecular flexibility index (Phi) is 2.66. The van der Waals surface area contributed by atoms with Crippen LogP contribution >= 0.6 is 0 Å². The molecule has 1 aromatic rings. The van der Waals surface area contributed by atoms with Crippen molar-refractivity contribution < 1.29 is 5.11 Å². The lowest BCUT2D eigenvalue weighted by Crippen LogP contribution is -2.39. The first kappa shape index (κ1) is 11.7. The van der Waals surface area contributed by atoms with E-state index in [0.717, 1.165) is 19.3 Å². The standard InChI is InChI=1S/C13H18N2O3/c1-7-5-15(13(18)14-12(7)17)11-9-3-2-8(4-9)10(11)6-16/h5,8-11,16H,2-4,6H2,1H3,(H,14,17,18)/t8-,9+,10-,11-/m1/s1. The van der Waals surface area contributed by atoms with Gasteiger partial charge in [-0.1, -0.05) is 0 Å². The lowest BCUT2D eigenvalue weighted by Gasteiger charge is -2.31. The summed E-state index contributed by atoms with van der Waals surface area (Å²) in [5.74, 6) is 1.16. The Morgan fingerprint density at radius 1 is 1.39 bits per heavy atom. The summed E-state index contributed by atoms with van der Waals surface area (Å²) in [7, 11) is 0. The Bertz CT molecular complexity index is 574. The molecule has 98 valence electrons. The average Bonchev–Trinajstić information content (AvgIpc) is 2.93. The number of rotatable bonds is 2. The number of H-pyrrole nitrogens is 1. The number of aromatic nitrogens is 2. The van der Waals surface area contributed by atoms with Gasteiger partial charge in [0.2, 0.25) is 0 Å². The molecule has 2 N–H and O–H groups in total. The van der Waals surface area contributed by atoms with Gasteiger partial charge in [-0.05, 0) is 38.0 Å². The van der Waals surface area contributed by atoms with Gasteiger partial charge >= 0.3 is 5.69 Å². The second-order valence-corrected chi connectivity index (χ2v) is 5.65. The van der Waals surface area contributed by atoms with Crippen molar-refractivity contribution in [3.63, 3.8) is 0 Å². The van der Waals surface area contributed by atoms with E-state index in [-0.39, 0.29) is 29.8 Å². The van der Waals surface area contributed by atoms with Crippen molar-refractivity contribution in [1.29, 1.82) is 0 Å². The number of aromatic amines is 1. The maximum atomic E-state index is 11.9. The third-order valence-corrected chi connectivity index (χ3v) is 4.72. The maximum Gasteiger partial charge on any atom is 0.328 e. The molecule has 1 heterocycles. The van der Waals surface area contributed by atoms with Crippen LogP contribution in [-0.4, -0.2) is 21.3 Å². The van der Waals surface area contributed by atoms with Crippen LogP contribution in [0.5, 0.6) is 0 Å². The highest BCUT2D eigenvalue weighted by molar-refractivity contribution is 5.06. The zero-order valence-corrected chi connectivity index (χ0v) is 10.4. The summed E-state index contributed by atoms with van der Waals surface area (Å²) in [6, 6.07) is 0.0526. The fraction of sp³-hybridized carbons (Fsp3) is 0.692. The summed E-state index contributed by atoms with van der Waals surface area (Å²) in [5, 5.41) is 9.55. The van der Waals surface area contributed by atoms with Gasteiger partial charge in [0.25, 0.3) is 5.56 Å². The minimum Gasteiger partial charge on any atom is -0.396 e. The lowest BCUT2D eigenvalue weighted by molar-refractivity contribution is 0.126. The largest absolute Gasteiger partial charge is 0.396 e. The molecule has 0 unspecified atom stereocenters. The molecule has 0 radical (unpaired) electrons. The smallest absolute Gasteiger partial charge is 0.328 e. The van der Waals surface area contributed by atoms with Crippen molar-refractivity contribution in [2.45, 2.75) is 32.2 Å². The van der Waals surface area contributed by atoms with E-state index in [1.165, 1.54) is 0 Å². The molecular weight excluding hydrogens is 232 g/mol. The molecule has 0 saturated heterocycles. The molecule has 3 rings (SSSR count). The first-order valence-corrected chi connectivity index (χ1v) is 6.54. The SMILES string of the molecule is Cc1cn([C@@H]2[C@H]3CC[C@H](C3)[C@H]2CO)c(=O)[nH]c1=O.